The lowest BCUT2D eigenvalue weighted by Gasteiger charge is -2.44. The SMILES string of the molecule is CCCN1C2=C(C(=O)CCC2)C(c2cc(Br)c(OCc3ccccc3)c(OC)c2)C2=C1CCCC2=O. The fraction of sp³-hybridized carbons (Fsp3) is 0.400. The van der Waals surface area contributed by atoms with Gasteiger partial charge in [-0.15, -0.1) is 0 Å². The van der Waals surface area contributed by atoms with Gasteiger partial charge < -0.3 is 14.4 Å². The molecule has 6 heteroatoms. The standard InChI is InChI=1S/C30H32BrNO4/c1-3-15-32-22-11-7-13-24(33)28(22)27(29-23(32)12-8-14-25(29)34)20-16-21(31)30(26(17-20)35-2)36-18-19-9-5-4-6-10-19/h4-6,9-10,16-17,27H,3,7-8,11-15,18H2,1-2H3. The minimum atomic E-state index is -0.364. The molecule has 188 valence electrons. The van der Waals surface area contributed by atoms with Crippen molar-refractivity contribution >= 4 is 27.5 Å². The number of hydrogen-bond donors (Lipinski definition) is 0. The lowest BCUT2D eigenvalue weighted by molar-refractivity contribution is -0.117. The first-order valence-corrected chi connectivity index (χ1v) is 13.7. The van der Waals surface area contributed by atoms with E-state index in [1.807, 2.05) is 42.5 Å². The molecule has 0 aromatic heterocycles. The van der Waals surface area contributed by atoms with Crippen LogP contribution in [0.3, 0.4) is 0 Å². The van der Waals surface area contributed by atoms with Crippen LogP contribution in [0.15, 0.2) is 69.5 Å². The van der Waals surface area contributed by atoms with E-state index in [1.165, 1.54) is 0 Å². The Morgan fingerprint density at radius 3 is 2.17 bits per heavy atom. The highest BCUT2D eigenvalue weighted by atomic mass is 79.9. The van der Waals surface area contributed by atoms with Gasteiger partial charge in [-0.25, -0.2) is 0 Å². The number of ketones is 2. The van der Waals surface area contributed by atoms with E-state index in [9.17, 15) is 9.59 Å². The monoisotopic (exact) mass is 549 g/mol. The zero-order valence-corrected chi connectivity index (χ0v) is 22.5. The Balaban J connectivity index is 1.61. The highest BCUT2D eigenvalue weighted by Crippen LogP contribution is 2.51. The lowest BCUT2D eigenvalue weighted by Crippen LogP contribution is -2.39. The highest BCUT2D eigenvalue weighted by molar-refractivity contribution is 9.10. The third kappa shape index (κ3) is 4.52. The summed E-state index contributed by atoms with van der Waals surface area (Å²) < 4.78 is 12.7. The second-order valence-electron chi connectivity index (χ2n) is 9.67. The van der Waals surface area contributed by atoms with E-state index in [0.29, 0.717) is 30.9 Å². The third-order valence-electron chi connectivity index (χ3n) is 7.34. The van der Waals surface area contributed by atoms with Crippen molar-refractivity contribution in [1.82, 2.24) is 4.90 Å². The molecule has 2 aromatic rings. The summed E-state index contributed by atoms with van der Waals surface area (Å²) >= 11 is 3.70. The summed E-state index contributed by atoms with van der Waals surface area (Å²) in [6.07, 6.45) is 5.50. The minimum absolute atomic E-state index is 0.159. The number of carbonyl (C=O) groups excluding carboxylic acids is 2. The number of halogens is 1. The van der Waals surface area contributed by atoms with Crippen molar-refractivity contribution in [3.05, 3.63) is 80.6 Å². The molecule has 0 N–H and O–H groups in total. The average Bonchev–Trinajstić information content (AvgIpc) is 2.89. The van der Waals surface area contributed by atoms with E-state index in [2.05, 4.69) is 27.8 Å². The summed E-state index contributed by atoms with van der Waals surface area (Å²) in [5, 5.41) is 0. The van der Waals surface area contributed by atoms with Gasteiger partial charge in [-0.1, -0.05) is 37.3 Å². The summed E-state index contributed by atoms with van der Waals surface area (Å²) in [5.41, 5.74) is 5.79. The summed E-state index contributed by atoms with van der Waals surface area (Å²) in [6, 6.07) is 13.9. The predicted octanol–water partition coefficient (Wildman–Crippen LogP) is 6.86. The third-order valence-corrected chi connectivity index (χ3v) is 7.93. The number of nitrogens with zero attached hydrogens (tertiary/aromatic N) is 1. The normalized spacial score (nSPS) is 18.4. The summed E-state index contributed by atoms with van der Waals surface area (Å²) in [5.74, 6) is 1.15. The first-order valence-electron chi connectivity index (χ1n) is 12.9. The Hall–Kier alpha value is -2.86. The zero-order valence-electron chi connectivity index (χ0n) is 20.9. The Morgan fingerprint density at radius 2 is 1.58 bits per heavy atom. The maximum atomic E-state index is 13.4. The van der Waals surface area contributed by atoms with E-state index in [4.69, 9.17) is 9.47 Å². The molecule has 0 radical (unpaired) electrons. The number of ether oxygens (including phenoxy) is 2. The highest BCUT2D eigenvalue weighted by Gasteiger charge is 2.43. The molecule has 0 spiro atoms. The van der Waals surface area contributed by atoms with Crippen molar-refractivity contribution in [3.8, 4) is 11.5 Å². The van der Waals surface area contributed by atoms with Crippen LogP contribution in [0.25, 0.3) is 0 Å². The first-order chi connectivity index (χ1) is 17.5. The molecule has 1 aliphatic heterocycles. The number of hydrogen-bond acceptors (Lipinski definition) is 5. The van der Waals surface area contributed by atoms with Crippen LogP contribution in [-0.2, 0) is 16.2 Å². The molecule has 0 saturated heterocycles. The maximum Gasteiger partial charge on any atom is 0.175 e. The van der Waals surface area contributed by atoms with Crippen molar-refractivity contribution in [2.24, 2.45) is 0 Å². The largest absolute Gasteiger partial charge is 0.493 e. The van der Waals surface area contributed by atoms with Crippen molar-refractivity contribution in [1.29, 1.82) is 0 Å². The van der Waals surface area contributed by atoms with E-state index < -0.39 is 0 Å². The first kappa shape index (κ1) is 24.8. The van der Waals surface area contributed by atoms with Gasteiger partial charge in [-0.05, 0) is 71.3 Å². The Labute approximate surface area is 221 Å². The van der Waals surface area contributed by atoms with Crippen LogP contribution in [0.4, 0.5) is 0 Å². The van der Waals surface area contributed by atoms with Crippen molar-refractivity contribution in [2.45, 2.75) is 64.4 Å². The van der Waals surface area contributed by atoms with Gasteiger partial charge in [0.2, 0.25) is 0 Å². The topological polar surface area (TPSA) is 55.8 Å². The predicted molar refractivity (Wildman–Crippen MR) is 143 cm³/mol. The number of allylic oxidation sites excluding steroid dienone is 4. The molecular formula is C30H32BrNO4. The second-order valence-corrected chi connectivity index (χ2v) is 10.5. The van der Waals surface area contributed by atoms with Crippen LogP contribution in [0.2, 0.25) is 0 Å². The van der Waals surface area contributed by atoms with E-state index in [0.717, 1.165) is 76.8 Å². The Kier molecular flexibility index (Phi) is 7.33. The number of carbonyl (C=O) groups is 2. The minimum Gasteiger partial charge on any atom is -0.493 e. The fourth-order valence-corrected chi connectivity index (χ4v) is 6.39. The summed E-state index contributed by atoms with van der Waals surface area (Å²) in [7, 11) is 1.62. The van der Waals surface area contributed by atoms with E-state index in [-0.39, 0.29) is 17.5 Å². The van der Waals surface area contributed by atoms with Crippen LogP contribution in [0.5, 0.6) is 11.5 Å². The Bertz CT molecular complexity index is 1200. The van der Waals surface area contributed by atoms with Crippen molar-refractivity contribution < 1.29 is 19.1 Å². The molecule has 0 saturated carbocycles. The maximum absolute atomic E-state index is 13.4. The summed E-state index contributed by atoms with van der Waals surface area (Å²) in [4.78, 5) is 29.2. The molecule has 2 aliphatic carbocycles. The van der Waals surface area contributed by atoms with E-state index >= 15 is 0 Å². The lowest BCUT2D eigenvalue weighted by atomic mass is 9.71. The van der Waals surface area contributed by atoms with E-state index in [1.54, 1.807) is 7.11 Å². The summed E-state index contributed by atoms with van der Waals surface area (Å²) in [6.45, 7) is 3.40. The van der Waals surface area contributed by atoms with Gasteiger partial charge in [0.25, 0.3) is 0 Å². The number of methoxy groups -OCH3 is 1. The Morgan fingerprint density at radius 1 is 0.944 bits per heavy atom. The van der Waals surface area contributed by atoms with Crippen LogP contribution < -0.4 is 9.47 Å². The van der Waals surface area contributed by atoms with Crippen molar-refractivity contribution in [2.75, 3.05) is 13.7 Å². The molecule has 0 unspecified atom stereocenters. The van der Waals surface area contributed by atoms with Gasteiger partial charge in [0.1, 0.15) is 6.61 Å². The molecule has 2 aromatic carbocycles. The van der Waals surface area contributed by atoms with Crippen LogP contribution in [0.1, 0.15) is 68.9 Å². The molecule has 0 fully saturated rings. The second kappa shape index (κ2) is 10.6. The molecule has 0 bridgehead atoms. The van der Waals surface area contributed by atoms with Gasteiger partial charge >= 0.3 is 0 Å². The van der Waals surface area contributed by atoms with Crippen molar-refractivity contribution in [3.63, 3.8) is 0 Å². The van der Waals surface area contributed by atoms with Gasteiger partial charge in [0, 0.05) is 47.8 Å². The van der Waals surface area contributed by atoms with Crippen LogP contribution in [-0.4, -0.2) is 30.1 Å². The molecular weight excluding hydrogens is 518 g/mol. The molecule has 5 rings (SSSR count). The number of rotatable bonds is 7. The smallest absolute Gasteiger partial charge is 0.175 e. The number of benzene rings is 2. The fourth-order valence-electron chi connectivity index (χ4n) is 5.82. The average molecular weight is 550 g/mol. The van der Waals surface area contributed by atoms with Gasteiger partial charge in [0.05, 0.1) is 11.6 Å². The van der Waals surface area contributed by atoms with Crippen LogP contribution in [0, 0.1) is 0 Å². The quantitative estimate of drug-likeness (QED) is 0.377. The zero-order chi connectivity index (χ0) is 25.2. The molecule has 3 aliphatic rings. The van der Waals surface area contributed by atoms with Gasteiger partial charge in [-0.3, -0.25) is 9.59 Å². The van der Waals surface area contributed by atoms with Gasteiger partial charge in [-0.2, -0.15) is 0 Å². The molecule has 5 nitrogen and oxygen atoms in total. The molecule has 36 heavy (non-hydrogen) atoms. The van der Waals surface area contributed by atoms with Crippen LogP contribution >= 0.6 is 15.9 Å². The van der Waals surface area contributed by atoms with Gasteiger partial charge in [0.15, 0.2) is 23.1 Å². The molecule has 1 heterocycles. The molecule has 0 atom stereocenters. The molecule has 0 amide bonds. The number of Topliss-reactive ketones (excluding diaryl/α,β-unsaturated/α-hetero) is 2.